The number of H-pyrrole nitrogens is 2. The molecule has 0 aliphatic carbocycles. The Labute approximate surface area is 232 Å². The van der Waals surface area contributed by atoms with Crippen LogP contribution < -0.4 is 16.4 Å². The van der Waals surface area contributed by atoms with Gasteiger partial charge in [-0.3, -0.25) is 14.9 Å². The molecule has 0 spiro atoms. The maximum atomic E-state index is 5.36. The van der Waals surface area contributed by atoms with E-state index in [1.165, 1.54) is 39.2 Å². The van der Waals surface area contributed by atoms with E-state index in [2.05, 4.69) is 105 Å². The molecule has 0 aliphatic heterocycles. The summed E-state index contributed by atoms with van der Waals surface area (Å²) in [6, 6.07) is 0. The van der Waals surface area contributed by atoms with Crippen LogP contribution in [0.3, 0.4) is 0 Å². The first kappa shape index (κ1) is 30.2. The minimum absolute atomic E-state index is 0.0160. The van der Waals surface area contributed by atoms with Crippen LogP contribution in [0.25, 0.3) is 0 Å². The number of aromatic amines is 2. The lowest BCUT2D eigenvalue weighted by Crippen LogP contribution is -2.58. The van der Waals surface area contributed by atoms with Crippen molar-refractivity contribution in [1.29, 1.82) is 0 Å². The van der Waals surface area contributed by atoms with Crippen molar-refractivity contribution < 1.29 is 0 Å². The summed E-state index contributed by atoms with van der Waals surface area (Å²) in [6.07, 6.45) is 2.28. The summed E-state index contributed by atoms with van der Waals surface area (Å²) in [6.45, 7) is 30.6. The normalized spacial score (nSPS) is 12.5. The van der Waals surface area contributed by atoms with E-state index in [0.29, 0.717) is 35.5 Å². The van der Waals surface area contributed by atoms with Crippen LogP contribution in [-0.4, -0.2) is 36.9 Å². The Morgan fingerprint density at radius 3 is 1.39 bits per heavy atom. The molecule has 0 radical (unpaired) electrons. The van der Waals surface area contributed by atoms with E-state index in [1.807, 2.05) is 0 Å². The average molecular weight is 521 g/mol. The van der Waals surface area contributed by atoms with Crippen molar-refractivity contribution in [1.82, 2.24) is 30.2 Å². The third-order valence-electron chi connectivity index (χ3n) is 7.72. The molecule has 3 heterocycles. The molecule has 0 aliphatic rings. The van der Waals surface area contributed by atoms with Crippen LogP contribution in [0.15, 0.2) is 0 Å². The summed E-state index contributed by atoms with van der Waals surface area (Å²) in [5.41, 5.74) is 11.4. The van der Waals surface area contributed by atoms with Gasteiger partial charge in [-0.1, -0.05) is 96.4 Å². The highest BCUT2D eigenvalue weighted by Crippen LogP contribution is 2.26. The number of hydrogen-bond donors (Lipinski definition) is 2. The Morgan fingerprint density at radius 1 is 0.605 bits per heavy atom. The Bertz CT molecular complexity index is 1080. The highest BCUT2D eigenvalue weighted by atomic mass is 15.3. The van der Waals surface area contributed by atoms with E-state index in [9.17, 15) is 0 Å². The monoisotopic (exact) mass is 520 g/mol. The fourth-order valence-electron chi connectivity index (χ4n) is 5.88. The molecular formula is C31H53BN6. The van der Waals surface area contributed by atoms with E-state index in [1.54, 1.807) is 0 Å². The molecule has 0 fully saturated rings. The molecule has 3 rings (SSSR count). The fraction of sp³-hybridized carbons (Fsp3) is 0.710. The predicted molar refractivity (Wildman–Crippen MR) is 164 cm³/mol. The van der Waals surface area contributed by atoms with Crippen molar-refractivity contribution in [3.05, 3.63) is 34.2 Å². The third kappa shape index (κ3) is 5.67. The highest BCUT2D eigenvalue weighted by Gasteiger charge is 2.41. The van der Waals surface area contributed by atoms with Crippen molar-refractivity contribution in [2.24, 2.45) is 0 Å². The Morgan fingerprint density at radius 2 is 1.05 bits per heavy atom. The van der Waals surface area contributed by atoms with Gasteiger partial charge in [-0.25, -0.2) is 0 Å². The van der Waals surface area contributed by atoms with Gasteiger partial charge in [0.15, 0.2) is 0 Å². The van der Waals surface area contributed by atoms with E-state index >= 15 is 0 Å². The van der Waals surface area contributed by atoms with Crippen LogP contribution in [0.1, 0.15) is 173 Å². The first-order valence-corrected chi connectivity index (χ1v) is 15.1. The first-order chi connectivity index (χ1) is 17.8. The zero-order valence-corrected chi connectivity index (χ0v) is 26.5. The van der Waals surface area contributed by atoms with Gasteiger partial charge in [0.1, 0.15) is 0 Å². The second-order valence-corrected chi connectivity index (χ2v) is 13.0. The second kappa shape index (κ2) is 12.3. The summed E-state index contributed by atoms with van der Waals surface area (Å²) in [4.78, 5) is 0. The quantitative estimate of drug-likeness (QED) is 0.272. The van der Waals surface area contributed by atoms with Crippen LogP contribution in [0.5, 0.6) is 0 Å². The second-order valence-electron chi connectivity index (χ2n) is 13.0. The van der Waals surface area contributed by atoms with Gasteiger partial charge in [0.2, 0.25) is 0 Å². The van der Waals surface area contributed by atoms with E-state index in [4.69, 9.17) is 15.3 Å². The molecule has 0 amide bonds. The molecule has 210 valence electrons. The Kier molecular flexibility index (Phi) is 9.75. The molecule has 3 aromatic rings. The van der Waals surface area contributed by atoms with Gasteiger partial charge in [-0.15, -0.1) is 0 Å². The number of unbranched alkanes of at least 4 members (excludes halogenated alkanes) is 1. The minimum Gasteiger partial charge on any atom is -0.283 e. The van der Waals surface area contributed by atoms with Gasteiger partial charge in [0, 0.05) is 23.6 Å². The highest BCUT2D eigenvalue weighted by molar-refractivity contribution is 6.97. The number of nitrogens with zero attached hydrogens (tertiary/aromatic N) is 4. The molecule has 0 saturated carbocycles. The maximum Gasteiger partial charge on any atom is 0.255 e. The molecule has 0 bridgehead atoms. The number of aryl methyl sites for hydroxylation is 1. The number of hydrogen-bond acceptors (Lipinski definition) is 3. The van der Waals surface area contributed by atoms with Crippen LogP contribution in [0.4, 0.5) is 0 Å². The van der Waals surface area contributed by atoms with Gasteiger partial charge >= 0.3 is 0 Å². The lowest BCUT2D eigenvalue weighted by molar-refractivity contribution is 0.529. The van der Waals surface area contributed by atoms with Crippen molar-refractivity contribution in [3.63, 3.8) is 0 Å². The molecular weight excluding hydrogens is 467 g/mol. The number of nitrogens with one attached hydrogen (secondary N) is 2. The van der Waals surface area contributed by atoms with Gasteiger partial charge in [-0.2, -0.15) is 15.3 Å². The van der Waals surface area contributed by atoms with E-state index < -0.39 is 0 Å². The van der Waals surface area contributed by atoms with Crippen LogP contribution in [-0.2, 0) is 6.54 Å². The Balaban J connectivity index is 2.59. The molecule has 0 aromatic carbocycles. The number of aromatic nitrogens is 6. The minimum atomic E-state index is 0.0160. The van der Waals surface area contributed by atoms with Crippen molar-refractivity contribution in [2.75, 3.05) is 0 Å². The first-order valence-electron chi connectivity index (χ1n) is 15.1. The lowest BCUT2D eigenvalue weighted by atomic mass is 9.33. The topological polar surface area (TPSA) is 75.2 Å². The van der Waals surface area contributed by atoms with Crippen molar-refractivity contribution in [3.8, 4) is 0 Å². The van der Waals surface area contributed by atoms with Gasteiger partial charge in [0.05, 0.1) is 17.1 Å². The third-order valence-corrected chi connectivity index (χ3v) is 7.72. The van der Waals surface area contributed by atoms with Gasteiger partial charge < -0.3 is 0 Å². The molecule has 2 N–H and O–H groups in total. The van der Waals surface area contributed by atoms with Crippen LogP contribution in [0.2, 0.25) is 0 Å². The molecule has 0 saturated heterocycles. The molecule has 3 aromatic heterocycles. The van der Waals surface area contributed by atoms with Crippen molar-refractivity contribution in [2.45, 2.75) is 145 Å². The zero-order chi connectivity index (χ0) is 28.5. The molecule has 7 heteroatoms. The summed E-state index contributed by atoms with van der Waals surface area (Å²) < 4.78 is 2.33. The summed E-state index contributed by atoms with van der Waals surface area (Å²) in [7, 11) is 0. The number of rotatable bonds is 12. The van der Waals surface area contributed by atoms with Gasteiger partial charge in [0.25, 0.3) is 6.71 Å². The summed E-state index contributed by atoms with van der Waals surface area (Å²) >= 11 is 0. The predicted octanol–water partition coefficient (Wildman–Crippen LogP) is 6.39. The maximum absolute atomic E-state index is 5.36. The van der Waals surface area contributed by atoms with E-state index in [-0.39, 0.29) is 6.71 Å². The van der Waals surface area contributed by atoms with E-state index in [0.717, 1.165) is 30.8 Å². The smallest absolute Gasteiger partial charge is 0.255 e. The summed E-state index contributed by atoms with van der Waals surface area (Å²) in [5, 5.41) is 22.3. The standard InChI is InChI=1S/C31H53BN6/c1-14-15-16-38-31(22(12)13)25(30(37-38)21(10)11)32(23-26(17(2)3)33-34-27(23)18(4)5)24-28(19(6)7)35-36-29(24)20(8)9/h17-22H,14-16H2,1-13H3,(H,33,34)(H,35,36). The molecule has 6 nitrogen and oxygen atoms in total. The summed E-state index contributed by atoms with van der Waals surface area (Å²) in [5.74, 6) is 1.90. The molecule has 0 unspecified atom stereocenters. The van der Waals surface area contributed by atoms with Crippen LogP contribution in [0, 0.1) is 0 Å². The van der Waals surface area contributed by atoms with Gasteiger partial charge in [-0.05, 0) is 58.3 Å². The fourth-order valence-corrected chi connectivity index (χ4v) is 5.88. The SMILES string of the molecule is CCCCn1nc(C(C)C)c(B(c2c(C(C)C)n[nH]c2C(C)C)c2c(C(C)C)n[nH]c2C(C)C)c1C(C)C. The molecule has 38 heavy (non-hydrogen) atoms. The lowest BCUT2D eigenvalue weighted by Gasteiger charge is -2.25. The zero-order valence-electron chi connectivity index (χ0n) is 26.5. The van der Waals surface area contributed by atoms with Crippen LogP contribution >= 0.6 is 0 Å². The molecule has 0 atom stereocenters. The largest absolute Gasteiger partial charge is 0.283 e. The average Bonchev–Trinajstić information content (AvgIpc) is 3.54. The van der Waals surface area contributed by atoms with Crippen molar-refractivity contribution >= 4 is 23.1 Å². The Hall–Kier alpha value is -2.31.